The van der Waals surface area contributed by atoms with Crippen molar-refractivity contribution in [1.29, 1.82) is 0 Å². The maximum atomic E-state index is 13.0. The predicted octanol–water partition coefficient (Wildman–Crippen LogP) is 2.57. The third kappa shape index (κ3) is 3.62. The van der Waals surface area contributed by atoms with Crippen LogP contribution >= 0.6 is 11.3 Å². The first kappa shape index (κ1) is 21.8. The van der Waals surface area contributed by atoms with Gasteiger partial charge in [0, 0.05) is 48.6 Å². The number of hydrogen-bond acceptors (Lipinski definition) is 8. The summed E-state index contributed by atoms with van der Waals surface area (Å²) in [5.41, 5.74) is 16.2. The molecule has 3 atom stereocenters. The van der Waals surface area contributed by atoms with Crippen molar-refractivity contribution >= 4 is 39.0 Å². The number of aromatic nitrogens is 2. The summed E-state index contributed by atoms with van der Waals surface area (Å²) in [6.45, 7) is 4.42. The van der Waals surface area contributed by atoms with E-state index < -0.39 is 0 Å². The minimum Gasteiger partial charge on any atom is -0.397 e. The summed E-state index contributed by atoms with van der Waals surface area (Å²) in [7, 11) is 0. The minimum absolute atomic E-state index is 0.0619. The molecule has 3 aliphatic rings. The van der Waals surface area contributed by atoms with Crippen LogP contribution in [0.1, 0.15) is 45.9 Å². The zero-order valence-electron chi connectivity index (χ0n) is 19.3. The summed E-state index contributed by atoms with van der Waals surface area (Å²) in [5.74, 6) is 0.883. The van der Waals surface area contributed by atoms with Gasteiger partial charge in [-0.25, -0.2) is 9.97 Å². The molecule has 1 amide bonds. The van der Waals surface area contributed by atoms with E-state index in [1.165, 1.54) is 16.9 Å². The van der Waals surface area contributed by atoms with Gasteiger partial charge in [-0.15, -0.1) is 11.3 Å². The van der Waals surface area contributed by atoms with Crippen LogP contribution in [-0.2, 0) is 17.6 Å². The van der Waals surface area contributed by atoms with Crippen molar-refractivity contribution in [3.8, 4) is 0 Å². The van der Waals surface area contributed by atoms with E-state index in [0.717, 1.165) is 79.2 Å². The largest absolute Gasteiger partial charge is 0.397 e. The number of amides is 1. The summed E-state index contributed by atoms with van der Waals surface area (Å²) >= 11 is 1.36. The van der Waals surface area contributed by atoms with Crippen molar-refractivity contribution in [2.24, 2.45) is 5.73 Å². The number of hydrogen-bond donors (Lipinski definition) is 3. The highest BCUT2D eigenvalue weighted by atomic mass is 32.1. The van der Waals surface area contributed by atoms with Crippen molar-refractivity contribution in [2.45, 2.75) is 56.7 Å². The number of aryl methyl sites for hydroxylation is 2. The van der Waals surface area contributed by atoms with Crippen LogP contribution in [0.4, 0.5) is 11.5 Å². The number of pyridine rings is 2. The molecule has 3 aromatic rings. The van der Waals surface area contributed by atoms with Gasteiger partial charge in [0.15, 0.2) is 0 Å². The highest BCUT2D eigenvalue weighted by Crippen LogP contribution is 2.37. The van der Waals surface area contributed by atoms with Gasteiger partial charge in [0.1, 0.15) is 21.1 Å². The lowest BCUT2D eigenvalue weighted by Crippen LogP contribution is -2.47. The van der Waals surface area contributed by atoms with Crippen LogP contribution in [0.5, 0.6) is 0 Å². The molecule has 2 fully saturated rings. The molecule has 8 nitrogen and oxygen atoms in total. The van der Waals surface area contributed by atoms with Crippen molar-refractivity contribution in [2.75, 3.05) is 30.3 Å². The van der Waals surface area contributed by atoms with Crippen LogP contribution in [0.3, 0.4) is 0 Å². The molecule has 2 aliphatic heterocycles. The second-order valence-corrected chi connectivity index (χ2v) is 10.8. The molecule has 0 unspecified atom stereocenters. The Hall–Kier alpha value is -2.75. The molecule has 0 saturated carbocycles. The Morgan fingerprint density at radius 3 is 2.97 bits per heavy atom. The quantitative estimate of drug-likeness (QED) is 0.529. The van der Waals surface area contributed by atoms with Crippen LogP contribution in [0.25, 0.3) is 10.2 Å². The number of ether oxygens (including phenoxy) is 1. The van der Waals surface area contributed by atoms with Gasteiger partial charge in [-0.1, -0.05) is 6.07 Å². The van der Waals surface area contributed by atoms with Gasteiger partial charge >= 0.3 is 0 Å². The number of nitrogens with zero attached hydrogens (tertiary/aromatic N) is 3. The Labute approximate surface area is 202 Å². The molecule has 2 saturated heterocycles. The maximum absolute atomic E-state index is 13.0. The average molecular weight is 479 g/mol. The molecule has 3 aromatic heterocycles. The Kier molecular flexibility index (Phi) is 5.24. The lowest BCUT2D eigenvalue weighted by atomic mass is 9.91. The SMILES string of the molecule is Cc1ccc2c(N)c(C(=O)N[C@H]3CCc4nc(N5CC[C@]6(C5)OCC[C@@H]6N)ccc4C3)sc2n1. The van der Waals surface area contributed by atoms with E-state index in [4.69, 9.17) is 21.2 Å². The van der Waals surface area contributed by atoms with E-state index in [0.29, 0.717) is 10.6 Å². The fourth-order valence-corrected chi connectivity index (χ4v) is 6.63. The molecule has 5 N–H and O–H groups in total. The Balaban J connectivity index is 1.14. The molecular weight excluding hydrogens is 448 g/mol. The third-order valence-corrected chi connectivity index (χ3v) is 8.72. The van der Waals surface area contributed by atoms with Gasteiger partial charge < -0.3 is 26.4 Å². The highest BCUT2D eigenvalue weighted by molar-refractivity contribution is 7.21. The molecule has 34 heavy (non-hydrogen) atoms. The Bertz CT molecular complexity index is 1280. The molecular formula is C25H30N6O2S. The summed E-state index contributed by atoms with van der Waals surface area (Å²) in [4.78, 5) is 26.2. The van der Waals surface area contributed by atoms with Gasteiger partial charge in [0.25, 0.3) is 5.91 Å². The minimum atomic E-state index is -0.213. The van der Waals surface area contributed by atoms with Gasteiger partial charge in [-0.05, 0) is 62.8 Å². The van der Waals surface area contributed by atoms with Crippen LogP contribution in [0.15, 0.2) is 24.3 Å². The third-order valence-electron chi connectivity index (χ3n) is 7.61. The molecule has 5 heterocycles. The van der Waals surface area contributed by atoms with E-state index in [9.17, 15) is 4.79 Å². The number of fused-ring (bicyclic) bond motifs is 2. The van der Waals surface area contributed by atoms with Gasteiger partial charge in [0.2, 0.25) is 0 Å². The van der Waals surface area contributed by atoms with Crippen molar-refractivity contribution in [1.82, 2.24) is 15.3 Å². The molecule has 1 aliphatic carbocycles. The van der Waals surface area contributed by atoms with Gasteiger partial charge in [-0.3, -0.25) is 4.79 Å². The van der Waals surface area contributed by atoms with E-state index in [2.05, 4.69) is 27.3 Å². The van der Waals surface area contributed by atoms with Crippen LogP contribution < -0.4 is 21.7 Å². The fraction of sp³-hybridized carbons (Fsp3) is 0.480. The number of carbonyl (C=O) groups is 1. The lowest BCUT2D eigenvalue weighted by Gasteiger charge is -2.29. The molecule has 0 radical (unpaired) electrons. The fourth-order valence-electron chi connectivity index (χ4n) is 5.59. The summed E-state index contributed by atoms with van der Waals surface area (Å²) in [6, 6.07) is 8.29. The smallest absolute Gasteiger partial charge is 0.263 e. The number of rotatable bonds is 3. The second kappa shape index (κ2) is 8.18. The number of carbonyl (C=O) groups excluding carboxylic acids is 1. The first-order valence-corrected chi connectivity index (χ1v) is 12.8. The molecule has 1 spiro atoms. The predicted molar refractivity (Wildman–Crippen MR) is 134 cm³/mol. The van der Waals surface area contributed by atoms with Crippen LogP contribution in [-0.4, -0.2) is 53.3 Å². The van der Waals surface area contributed by atoms with Gasteiger partial charge in [0.05, 0.1) is 5.69 Å². The molecule has 0 bridgehead atoms. The van der Waals surface area contributed by atoms with Crippen molar-refractivity contribution in [3.05, 3.63) is 46.1 Å². The van der Waals surface area contributed by atoms with Crippen molar-refractivity contribution in [3.63, 3.8) is 0 Å². The number of nitrogens with two attached hydrogens (primary N) is 2. The zero-order chi connectivity index (χ0) is 23.4. The lowest BCUT2D eigenvalue weighted by molar-refractivity contribution is 0.0147. The number of nitrogens with one attached hydrogen (secondary N) is 1. The van der Waals surface area contributed by atoms with Crippen LogP contribution in [0.2, 0.25) is 0 Å². The van der Waals surface area contributed by atoms with E-state index in [1.54, 1.807) is 0 Å². The summed E-state index contributed by atoms with van der Waals surface area (Å²) in [5, 5.41) is 4.04. The van der Waals surface area contributed by atoms with Crippen LogP contribution in [0, 0.1) is 6.92 Å². The average Bonchev–Trinajstić information content (AvgIpc) is 3.51. The summed E-state index contributed by atoms with van der Waals surface area (Å²) < 4.78 is 6.05. The zero-order valence-corrected chi connectivity index (χ0v) is 20.2. The topological polar surface area (TPSA) is 119 Å². The standard InChI is InChI=1S/C25H30N6O2S/c1-14-2-5-17-21(27)22(34-24(17)28-14)23(32)29-16-4-6-18-15(12-16)3-7-20(30-18)31-10-9-25(13-31)19(26)8-11-33-25/h2-3,5,7,16,19H,4,6,8-13,26-27H2,1H3,(H,29,32)/t16-,19-,25+/m0/s1. The second-order valence-electron chi connectivity index (χ2n) is 9.82. The number of nitrogen functional groups attached to an aromatic ring is 1. The normalized spacial score (nSPS) is 26.4. The van der Waals surface area contributed by atoms with E-state index >= 15 is 0 Å². The maximum Gasteiger partial charge on any atom is 0.263 e. The van der Waals surface area contributed by atoms with E-state index in [-0.39, 0.29) is 23.6 Å². The number of thiophene rings is 1. The monoisotopic (exact) mass is 478 g/mol. The highest BCUT2D eigenvalue weighted by Gasteiger charge is 2.47. The first-order chi connectivity index (χ1) is 16.4. The van der Waals surface area contributed by atoms with Crippen molar-refractivity contribution < 1.29 is 9.53 Å². The Morgan fingerprint density at radius 1 is 1.26 bits per heavy atom. The molecule has 6 rings (SSSR count). The molecule has 178 valence electrons. The summed E-state index contributed by atoms with van der Waals surface area (Å²) in [6.07, 6.45) is 4.36. The van der Waals surface area contributed by atoms with E-state index in [1.807, 2.05) is 19.1 Å². The number of anilines is 2. The Morgan fingerprint density at radius 2 is 2.15 bits per heavy atom. The van der Waals surface area contributed by atoms with Gasteiger partial charge in [-0.2, -0.15) is 0 Å². The molecule has 9 heteroatoms. The first-order valence-electron chi connectivity index (χ1n) is 12.0. The molecule has 0 aromatic carbocycles.